The zero-order valence-corrected chi connectivity index (χ0v) is 9.99. The van der Waals surface area contributed by atoms with Gasteiger partial charge in [-0.05, 0) is 44.2 Å². The molecular formula is C12H24N4. The van der Waals surface area contributed by atoms with E-state index in [0.29, 0.717) is 6.04 Å². The molecule has 0 aromatic rings. The van der Waals surface area contributed by atoms with Crippen molar-refractivity contribution in [1.82, 2.24) is 15.5 Å². The standard InChI is InChI=1S/C12H24N4/c13-12-7-14-3-1-11(12)9-2-4-16-8-15-6-10(16)5-9/h9-12,14-15H,1-8,13H2. The number of hydrogen-bond donors (Lipinski definition) is 3. The van der Waals surface area contributed by atoms with Crippen molar-refractivity contribution in [3.63, 3.8) is 0 Å². The van der Waals surface area contributed by atoms with Gasteiger partial charge in [0.2, 0.25) is 0 Å². The maximum atomic E-state index is 6.26. The molecule has 0 aliphatic carbocycles. The summed E-state index contributed by atoms with van der Waals surface area (Å²) in [5.74, 6) is 1.64. The van der Waals surface area contributed by atoms with E-state index in [1.165, 1.54) is 38.9 Å². The van der Waals surface area contributed by atoms with Crippen molar-refractivity contribution in [3.8, 4) is 0 Å². The fourth-order valence-corrected chi connectivity index (χ4v) is 3.80. The van der Waals surface area contributed by atoms with Crippen LogP contribution in [0.2, 0.25) is 0 Å². The van der Waals surface area contributed by atoms with Crippen LogP contribution < -0.4 is 16.4 Å². The summed E-state index contributed by atoms with van der Waals surface area (Å²) in [7, 11) is 0. The highest BCUT2D eigenvalue weighted by molar-refractivity contribution is 4.93. The summed E-state index contributed by atoms with van der Waals surface area (Å²) >= 11 is 0. The van der Waals surface area contributed by atoms with E-state index in [4.69, 9.17) is 5.73 Å². The van der Waals surface area contributed by atoms with Crippen LogP contribution >= 0.6 is 0 Å². The molecule has 92 valence electrons. The number of piperidine rings is 2. The Balaban J connectivity index is 1.62. The summed E-state index contributed by atoms with van der Waals surface area (Å²) in [4.78, 5) is 2.60. The Hall–Kier alpha value is -0.160. The molecule has 16 heavy (non-hydrogen) atoms. The average Bonchev–Trinajstić information content (AvgIpc) is 2.76. The molecule has 4 N–H and O–H groups in total. The van der Waals surface area contributed by atoms with Gasteiger partial charge in [0.15, 0.2) is 0 Å². The summed E-state index contributed by atoms with van der Waals surface area (Å²) in [6.07, 6.45) is 4.01. The third-order valence-electron chi connectivity index (χ3n) is 4.76. The van der Waals surface area contributed by atoms with Gasteiger partial charge in [0.25, 0.3) is 0 Å². The van der Waals surface area contributed by atoms with Crippen molar-refractivity contribution in [2.75, 3.05) is 32.8 Å². The van der Waals surface area contributed by atoms with Crippen molar-refractivity contribution in [1.29, 1.82) is 0 Å². The van der Waals surface area contributed by atoms with Gasteiger partial charge in [0, 0.05) is 31.8 Å². The van der Waals surface area contributed by atoms with E-state index in [1.807, 2.05) is 0 Å². The van der Waals surface area contributed by atoms with Crippen LogP contribution in [0, 0.1) is 11.8 Å². The molecule has 4 unspecified atom stereocenters. The van der Waals surface area contributed by atoms with Crippen LogP contribution in [0.25, 0.3) is 0 Å². The molecule has 3 aliphatic heterocycles. The van der Waals surface area contributed by atoms with Crippen LogP contribution in [0.3, 0.4) is 0 Å². The quantitative estimate of drug-likeness (QED) is 0.565. The second-order valence-electron chi connectivity index (χ2n) is 5.68. The van der Waals surface area contributed by atoms with Gasteiger partial charge in [0.1, 0.15) is 0 Å². The molecule has 0 saturated carbocycles. The highest BCUT2D eigenvalue weighted by Gasteiger charge is 2.37. The van der Waals surface area contributed by atoms with Gasteiger partial charge < -0.3 is 16.4 Å². The minimum absolute atomic E-state index is 0.389. The summed E-state index contributed by atoms with van der Waals surface area (Å²) in [6.45, 7) is 5.76. The fourth-order valence-electron chi connectivity index (χ4n) is 3.80. The second-order valence-corrected chi connectivity index (χ2v) is 5.68. The lowest BCUT2D eigenvalue weighted by atomic mass is 9.75. The SMILES string of the molecule is NC1CNCCC1C1CCN2CNCC2C1. The molecule has 3 fully saturated rings. The van der Waals surface area contributed by atoms with Gasteiger partial charge in [-0.2, -0.15) is 0 Å². The van der Waals surface area contributed by atoms with Crippen LogP contribution in [0.5, 0.6) is 0 Å². The lowest BCUT2D eigenvalue weighted by Crippen LogP contribution is -2.51. The minimum Gasteiger partial charge on any atom is -0.326 e. The Morgan fingerprint density at radius 2 is 2.06 bits per heavy atom. The van der Waals surface area contributed by atoms with Crippen LogP contribution in [-0.2, 0) is 0 Å². The topological polar surface area (TPSA) is 53.3 Å². The Morgan fingerprint density at radius 3 is 2.94 bits per heavy atom. The van der Waals surface area contributed by atoms with Crippen molar-refractivity contribution >= 4 is 0 Å². The van der Waals surface area contributed by atoms with Gasteiger partial charge in [-0.1, -0.05) is 0 Å². The third-order valence-corrected chi connectivity index (χ3v) is 4.76. The fraction of sp³-hybridized carbons (Fsp3) is 1.00. The van der Waals surface area contributed by atoms with Crippen LogP contribution in [0.4, 0.5) is 0 Å². The lowest BCUT2D eigenvalue weighted by molar-refractivity contribution is 0.0996. The summed E-state index contributed by atoms with van der Waals surface area (Å²) in [5, 5.41) is 6.88. The van der Waals surface area contributed by atoms with E-state index in [1.54, 1.807) is 0 Å². The third kappa shape index (κ3) is 1.99. The molecule has 0 radical (unpaired) electrons. The number of fused-ring (bicyclic) bond motifs is 1. The van der Waals surface area contributed by atoms with Gasteiger partial charge in [-0.15, -0.1) is 0 Å². The highest BCUT2D eigenvalue weighted by Crippen LogP contribution is 2.33. The molecule has 0 aromatic heterocycles. The first-order valence-corrected chi connectivity index (χ1v) is 6.75. The molecule has 3 rings (SSSR count). The molecule has 0 amide bonds. The molecule has 4 atom stereocenters. The van der Waals surface area contributed by atoms with E-state index in [0.717, 1.165) is 31.1 Å². The zero-order valence-electron chi connectivity index (χ0n) is 9.99. The first kappa shape index (κ1) is 11.0. The Bertz CT molecular complexity index is 245. The van der Waals surface area contributed by atoms with Gasteiger partial charge in [0.05, 0.1) is 0 Å². The minimum atomic E-state index is 0.389. The maximum absolute atomic E-state index is 6.26. The van der Waals surface area contributed by atoms with Crippen LogP contribution in [0.1, 0.15) is 19.3 Å². The normalized spacial score (nSPS) is 45.6. The molecule has 0 aromatic carbocycles. The van der Waals surface area contributed by atoms with Gasteiger partial charge >= 0.3 is 0 Å². The Labute approximate surface area is 97.9 Å². The number of nitrogens with one attached hydrogen (secondary N) is 2. The van der Waals surface area contributed by atoms with E-state index < -0.39 is 0 Å². The first-order chi connectivity index (χ1) is 7.84. The molecular weight excluding hydrogens is 200 g/mol. The van der Waals surface area contributed by atoms with E-state index in [9.17, 15) is 0 Å². The number of rotatable bonds is 1. The monoisotopic (exact) mass is 224 g/mol. The molecule has 4 heteroatoms. The van der Waals surface area contributed by atoms with Crippen molar-refractivity contribution in [3.05, 3.63) is 0 Å². The molecule has 3 heterocycles. The first-order valence-electron chi connectivity index (χ1n) is 6.75. The van der Waals surface area contributed by atoms with Crippen molar-refractivity contribution in [2.45, 2.75) is 31.3 Å². The zero-order chi connectivity index (χ0) is 11.0. The summed E-state index contributed by atoms with van der Waals surface area (Å²) < 4.78 is 0. The molecule has 4 nitrogen and oxygen atoms in total. The molecule has 3 aliphatic rings. The largest absolute Gasteiger partial charge is 0.326 e. The van der Waals surface area contributed by atoms with Crippen LogP contribution in [-0.4, -0.2) is 49.8 Å². The van der Waals surface area contributed by atoms with E-state index in [2.05, 4.69) is 15.5 Å². The van der Waals surface area contributed by atoms with E-state index >= 15 is 0 Å². The van der Waals surface area contributed by atoms with Crippen molar-refractivity contribution < 1.29 is 0 Å². The summed E-state index contributed by atoms with van der Waals surface area (Å²) in [5.41, 5.74) is 6.26. The predicted molar refractivity (Wildman–Crippen MR) is 65.0 cm³/mol. The molecule has 3 saturated heterocycles. The number of nitrogens with two attached hydrogens (primary N) is 1. The van der Waals surface area contributed by atoms with E-state index in [-0.39, 0.29) is 0 Å². The smallest absolute Gasteiger partial charge is 0.0484 e. The lowest BCUT2D eigenvalue weighted by Gasteiger charge is -2.41. The maximum Gasteiger partial charge on any atom is 0.0484 e. The number of nitrogens with zero attached hydrogens (tertiary/aromatic N) is 1. The Kier molecular flexibility index (Phi) is 3.16. The highest BCUT2D eigenvalue weighted by atomic mass is 15.3. The van der Waals surface area contributed by atoms with Crippen LogP contribution in [0.15, 0.2) is 0 Å². The number of hydrogen-bond acceptors (Lipinski definition) is 4. The van der Waals surface area contributed by atoms with Crippen molar-refractivity contribution in [2.24, 2.45) is 17.6 Å². The van der Waals surface area contributed by atoms with Gasteiger partial charge in [-0.3, -0.25) is 4.90 Å². The molecule has 0 spiro atoms. The Morgan fingerprint density at radius 1 is 1.12 bits per heavy atom. The summed E-state index contributed by atoms with van der Waals surface area (Å²) in [6, 6.07) is 1.18. The average molecular weight is 224 g/mol. The molecule has 0 bridgehead atoms. The predicted octanol–water partition coefficient (Wildman–Crippen LogP) is -0.435. The second kappa shape index (κ2) is 4.61. The van der Waals surface area contributed by atoms with Gasteiger partial charge in [-0.25, -0.2) is 0 Å².